The zero-order chi connectivity index (χ0) is 17.1. The van der Waals surface area contributed by atoms with Crippen molar-refractivity contribution >= 4 is 23.5 Å². The normalized spacial score (nSPS) is 24.6. The summed E-state index contributed by atoms with van der Waals surface area (Å²) in [5.74, 6) is 0.408. The van der Waals surface area contributed by atoms with E-state index >= 15 is 0 Å². The van der Waals surface area contributed by atoms with E-state index in [2.05, 4.69) is 5.32 Å². The summed E-state index contributed by atoms with van der Waals surface area (Å²) < 4.78 is 5.08. The van der Waals surface area contributed by atoms with Crippen LogP contribution in [0.25, 0.3) is 0 Å². The second kappa shape index (κ2) is 7.03. The minimum atomic E-state index is -0.626. The lowest BCUT2D eigenvalue weighted by Crippen LogP contribution is -2.24. The van der Waals surface area contributed by atoms with Crippen LogP contribution in [0.1, 0.15) is 42.5 Å². The van der Waals surface area contributed by atoms with E-state index in [1.165, 1.54) is 25.3 Å². The molecule has 0 spiro atoms. The molecule has 6 heteroatoms. The van der Waals surface area contributed by atoms with Crippen molar-refractivity contribution in [3.05, 3.63) is 29.8 Å². The fraction of sp³-hybridized carbons (Fsp3) is 0.500. The van der Waals surface area contributed by atoms with Crippen LogP contribution in [0.5, 0.6) is 0 Å². The first-order valence-electron chi connectivity index (χ1n) is 8.37. The fourth-order valence-electron chi connectivity index (χ4n) is 4.04. The maximum Gasteiger partial charge on any atom is 0.306 e. The number of ether oxygens (including phenoxy) is 1. The number of rotatable bonds is 6. The molecule has 0 radical (unpaired) electrons. The van der Waals surface area contributed by atoms with Crippen molar-refractivity contribution < 1.29 is 19.1 Å². The van der Waals surface area contributed by atoms with E-state index in [-0.39, 0.29) is 18.1 Å². The van der Waals surface area contributed by atoms with Crippen LogP contribution >= 0.6 is 0 Å². The quantitative estimate of drug-likeness (QED) is 0.780. The number of esters is 1. The Bertz CT molecular complexity index is 658. The second-order valence-electron chi connectivity index (χ2n) is 6.76. The summed E-state index contributed by atoms with van der Waals surface area (Å²) in [6, 6.07) is 6.45. The number of hydrogen-bond donors (Lipinski definition) is 2. The summed E-state index contributed by atoms with van der Waals surface area (Å²) in [6.07, 6.45) is 5.25. The number of carbonyl (C=O) groups is 3. The molecule has 0 heterocycles. The van der Waals surface area contributed by atoms with Gasteiger partial charge in [-0.1, -0.05) is 18.6 Å². The van der Waals surface area contributed by atoms with E-state index in [0.29, 0.717) is 23.9 Å². The molecule has 3 atom stereocenters. The number of primary amides is 1. The number of amides is 2. The first-order chi connectivity index (χ1) is 11.5. The zero-order valence-corrected chi connectivity index (χ0v) is 13.5. The molecule has 3 unspecified atom stereocenters. The summed E-state index contributed by atoms with van der Waals surface area (Å²) in [7, 11) is 0. The summed E-state index contributed by atoms with van der Waals surface area (Å²) >= 11 is 0. The molecular weight excluding hydrogens is 308 g/mol. The molecule has 0 saturated heterocycles. The lowest BCUT2D eigenvalue weighted by Gasteiger charge is -2.20. The molecule has 3 rings (SSSR count). The molecule has 0 aliphatic heterocycles. The fourth-order valence-corrected chi connectivity index (χ4v) is 4.04. The summed E-state index contributed by atoms with van der Waals surface area (Å²) in [4.78, 5) is 35.2. The van der Waals surface area contributed by atoms with Gasteiger partial charge in [-0.2, -0.15) is 0 Å². The van der Waals surface area contributed by atoms with Crippen LogP contribution in [-0.2, 0) is 14.3 Å². The van der Waals surface area contributed by atoms with E-state index in [1.54, 1.807) is 18.2 Å². The number of hydrogen-bond acceptors (Lipinski definition) is 4. The van der Waals surface area contributed by atoms with E-state index in [1.807, 2.05) is 0 Å². The number of fused-ring (bicyclic) bond motifs is 2. The molecule has 1 aromatic carbocycles. The Balaban J connectivity index is 1.46. The molecule has 0 aromatic heterocycles. The highest BCUT2D eigenvalue weighted by atomic mass is 16.5. The van der Waals surface area contributed by atoms with Gasteiger partial charge in [-0.25, -0.2) is 0 Å². The Morgan fingerprint density at radius 3 is 2.62 bits per heavy atom. The molecule has 1 aromatic rings. The summed E-state index contributed by atoms with van der Waals surface area (Å²) in [5, 5.41) is 2.55. The maximum absolute atomic E-state index is 11.9. The van der Waals surface area contributed by atoms with E-state index in [4.69, 9.17) is 10.5 Å². The van der Waals surface area contributed by atoms with Crippen molar-refractivity contribution in [1.29, 1.82) is 0 Å². The average Bonchev–Trinajstić information content (AvgIpc) is 3.16. The van der Waals surface area contributed by atoms with Crippen molar-refractivity contribution in [1.82, 2.24) is 0 Å². The largest absolute Gasteiger partial charge is 0.456 e. The van der Waals surface area contributed by atoms with Gasteiger partial charge in [0.15, 0.2) is 6.61 Å². The highest BCUT2D eigenvalue weighted by molar-refractivity contribution is 6.03. The highest BCUT2D eigenvalue weighted by Crippen LogP contribution is 2.49. The van der Waals surface area contributed by atoms with Gasteiger partial charge in [0.2, 0.25) is 0 Å². The van der Waals surface area contributed by atoms with E-state index in [9.17, 15) is 14.4 Å². The Morgan fingerprint density at radius 1 is 1.17 bits per heavy atom. The molecule has 2 amide bonds. The molecule has 24 heavy (non-hydrogen) atoms. The first-order valence-corrected chi connectivity index (χ1v) is 8.37. The van der Waals surface area contributed by atoms with Gasteiger partial charge in [-0.15, -0.1) is 0 Å². The highest BCUT2D eigenvalue weighted by Gasteiger charge is 2.40. The van der Waals surface area contributed by atoms with Crippen LogP contribution in [-0.4, -0.2) is 24.4 Å². The number of anilines is 1. The van der Waals surface area contributed by atoms with Crippen LogP contribution in [0.3, 0.4) is 0 Å². The Hall–Kier alpha value is -2.37. The SMILES string of the molecule is NC(=O)c1ccccc1NC(=O)COC(=O)CC1CC2CCC1C2. The molecule has 3 N–H and O–H groups in total. The summed E-state index contributed by atoms with van der Waals surface area (Å²) in [5.41, 5.74) is 5.80. The molecule has 128 valence electrons. The average molecular weight is 330 g/mol. The minimum Gasteiger partial charge on any atom is -0.456 e. The first kappa shape index (κ1) is 16.5. The maximum atomic E-state index is 11.9. The van der Waals surface area contributed by atoms with Gasteiger partial charge in [-0.05, 0) is 49.1 Å². The number of para-hydroxylation sites is 1. The van der Waals surface area contributed by atoms with Crippen LogP contribution in [0.15, 0.2) is 24.3 Å². The molecule has 2 aliphatic rings. The predicted molar refractivity (Wildman–Crippen MR) is 88.1 cm³/mol. The monoisotopic (exact) mass is 330 g/mol. The Morgan fingerprint density at radius 2 is 1.96 bits per heavy atom. The molecule has 2 bridgehead atoms. The van der Waals surface area contributed by atoms with Crippen LogP contribution < -0.4 is 11.1 Å². The lowest BCUT2D eigenvalue weighted by molar-refractivity contribution is -0.148. The van der Waals surface area contributed by atoms with Crippen LogP contribution in [0.2, 0.25) is 0 Å². The molecular formula is C18H22N2O4. The van der Waals surface area contributed by atoms with Gasteiger partial charge in [0.1, 0.15) is 0 Å². The summed E-state index contributed by atoms with van der Waals surface area (Å²) in [6.45, 7) is -0.354. The molecule has 2 aliphatic carbocycles. The Labute approximate surface area is 140 Å². The zero-order valence-electron chi connectivity index (χ0n) is 13.5. The minimum absolute atomic E-state index is 0.221. The van der Waals surface area contributed by atoms with Gasteiger partial charge in [0.05, 0.1) is 11.3 Å². The topological polar surface area (TPSA) is 98.5 Å². The third-order valence-corrected chi connectivity index (χ3v) is 5.14. The van der Waals surface area contributed by atoms with Crippen molar-refractivity contribution in [2.75, 3.05) is 11.9 Å². The van der Waals surface area contributed by atoms with E-state index < -0.39 is 11.8 Å². The van der Waals surface area contributed by atoms with Gasteiger partial charge < -0.3 is 15.8 Å². The van der Waals surface area contributed by atoms with Crippen molar-refractivity contribution in [2.45, 2.75) is 32.1 Å². The molecule has 2 saturated carbocycles. The smallest absolute Gasteiger partial charge is 0.306 e. The number of nitrogens with two attached hydrogens (primary N) is 1. The van der Waals surface area contributed by atoms with E-state index in [0.717, 1.165) is 12.3 Å². The van der Waals surface area contributed by atoms with Gasteiger partial charge in [0, 0.05) is 6.42 Å². The van der Waals surface area contributed by atoms with Crippen molar-refractivity contribution in [3.8, 4) is 0 Å². The van der Waals surface area contributed by atoms with Gasteiger partial charge in [0.25, 0.3) is 11.8 Å². The number of carbonyl (C=O) groups excluding carboxylic acids is 3. The number of benzene rings is 1. The Kier molecular flexibility index (Phi) is 4.83. The third kappa shape index (κ3) is 3.75. The lowest BCUT2D eigenvalue weighted by atomic mass is 9.86. The van der Waals surface area contributed by atoms with Crippen LogP contribution in [0, 0.1) is 17.8 Å². The number of nitrogens with one attached hydrogen (secondary N) is 1. The molecule has 2 fully saturated rings. The standard InChI is InChI=1S/C18H22N2O4/c19-18(23)14-3-1-2-4-15(14)20-16(21)10-24-17(22)9-13-8-11-5-6-12(13)7-11/h1-4,11-13H,5-10H2,(H2,19,23)(H,20,21). The predicted octanol–water partition coefficient (Wildman–Crippen LogP) is 2.09. The van der Waals surface area contributed by atoms with Crippen LogP contribution in [0.4, 0.5) is 5.69 Å². The van der Waals surface area contributed by atoms with Crippen molar-refractivity contribution in [3.63, 3.8) is 0 Å². The molecule has 6 nitrogen and oxygen atoms in total. The van der Waals surface area contributed by atoms with Gasteiger partial charge >= 0.3 is 5.97 Å². The third-order valence-electron chi connectivity index (χ3n) is 5.14. The second-order valence-corrected chi connectivity index (χ2v) is 6.76. The van der Waals surface area contributed by atoms with Gasteiger partial charge in [-0.3, -0.25) is 14.4 Å². The van der Waals surface area contributed by atoms with Crippen molar-refractivity contribution in [2.24, 2.45) is 23.5 Å².